The summed E-state index contributed by atoms with van der Waals surface area (Å²) in [7, 11) is -10.3. The smallest absolute Gasteiger partial charge is 0.317 e. The minimum atomic E-state index is -5.16. The lowest BCUT2D eigenvalue weighted by Crippen LogP contribution is -2.58. The molecule has 21 N–H and O–H groups in total. The van der Waals surface area contributed by atoms with Crippen LogP contribution in [-0.2, 0) is 93.8 Å². The maximum Gasteiger partial charge on any atom is 0.317 e. The average Bonchev–Trinajstić information content (AvgIpc) is 0.843. The van der Waals surface area contributed by atoms with E-state index >= 15 is 0 Å². The first kappa shape index (κ1) is 97.1. The second-order valence-corrected chi connectivity index (χ2v) is 33.6. The monoisotopic (exact) mass is 1780 g/mol. The molecule has 0 aromatic heterocycles. The minimum Gasteiger partial charge on any atom is -0.505 e. The Bertz CT molecular complexity index is 5100. The van der Waals surface area contributed by atoms with Crippen molar-refractivity contribution in [2.45, 2.75) is 136 Å². The molecular formula is C78H101N19O24S3. The standard InChI is InChI=1S/C78H101N19O24S3/c1-44-33-47(48-17-20-51(45(2)34-48)92-93-52-21-18-49-59(123(116,117)118)38-60(124(119,120)121)70(79)69(49)71(52)109)16-19-50(44)88-73(111)54(86-63(100)40-94-27-29-95(41-67(105)106)31-32-96(30-28-94)42-68(107)108)13-6-8-23-82-61(98)22-26-97-65(102)37-58(77(97)115)122-43-64(101)83-24-9-7-14-55-74(112)89-53(15-10-25-84-78(80)81)72(110)85-39-62(99)87-57(36-66(103)104)76(114)91-56(75(113)90-55)35-46-11-4-3-5-12-46/h3-5,11-12,16-21,33-34,38,53-58,109H,6-10,13-15,22-32,35-37,39-43,79H2,1-2H3,(H,82,98)(H,83,101)(H,85,110)(H,86,100)(H,87,99)(H,88,111)(H,89,112)(H,90,113)(H,91,114)(H,103,104)(H,105,106)(H,107,108)(H4,80,81,84)(H,116,117,118)(H,119,120,121)/b93-92+/t53-,54+,55+,56?,57-,58?/m0/s1. The molecule has 8 rings (SSSR count). The number of anilines is 2. The van der Waals surface area contributed by atoms with E-state index < -0.39 is 178 Å². The van der Waals surface area contributed by atoms with Crippen LogP contribution in [0.1, 0.15) is 87.3 Å². The number of nitrogen functional groups attached to an aromatic ring is 1. The summed E-state index contributed by atoms with van der Waals surface area (Å²) >= 11 is 0.906. The Morgan fingerprint density at radius 3 is 1.76 bits per heavy atom. The van der Waals surface area contributed by atoms with Gasteiger partial charge in [0.1, 0.15) is 45.7 Å². The molecule has 43 nitrogen and oxygen atoms in total. The Hall–Kier alpha value is -12.3. The number of imide groups is 1. The molecule has 3 heterocycles. The Kier molecular flexibility index (Phi) is 35.8. The topological polar surface area (TPSA) is 663 Å². The first-order valence-electron chi connectivity index (χ1n) is 39.4. The number of fused-ring (bicyclic) bond motifs is 1. The summed E-state index contributed by atoms with van der Waals surface area (Å²) in [6.07, 6.45) is -0.588. The van der Waals surface area contributed by atoms with Crippen molar-refractivity contribution in [3.8, 4) is 16.9 Å². The number of amides is 11. The van der Waals surface area contributed by atoms with E-state index in [2.05, 4.69) is 63.4 Å². The number of aromatic hydroxyl groups is 1. The summed E-state index contributed by atoms with van der Waals surface area (Å²) in [4.78, 5) is 189. The largest absolute Gasteiger partial charge is 0.505 e. The summed E-state index contributed by atoms with van der Waals surface area (Å²) in [6.45, 7) is 3.11. The lowest BCUT2D eigenvalue weighted by molar-refractivity contribution is -0.141. The predicted octanol–water partition coefficient (Wildman–Crippen LogP) is -0.294. The van der Waals surface area contributed by atoms with Gasteiger partial charge in [-0.2, -0.15) is 21.9 Å². The van der Waals surface area contributed by atoms with Crippen molar-refractivity contribution in [2.24, 2.45) is 16.0 Å². The van der Waals surface area contributed by atoms with E-state index in [1.807, 2.05) is 0 Å². The van der Waals surface area contributed by atoms with E-state index in [-0.39, 0.29) is 184 Å². The highest BCUT2D eigenvalue weighted by Crippen LogP contribution is 2.44. The number of phenolic OH excluding ortho intramolecular Hbond substituents is 1. The fourth-order valence-electron chi connectivity index (χ4n) is 13.8. The van der Waals surface area contributed by atoms with Crippen LogP contribution in [0.2, 0.25) is 0 Å². The minimum absolute atomic E-state index is 0.0352. The maximum atomic E-state index is 14.4. The van der Waals surface area contributed by atoms with Gasteiger partial charge in [-0.15, -0.1) is 16.9 Å². The molecule has 0 bridgehead atoms. The van der Waals surface area contributed by atoms with Crippen LogP contribution in [0.25, 0.3) is 21.9 Å². The number of unbranched alkanes of at least 4 members (excludes halogenated alkanes) is 2. The number of nitrogens with zero attached hydrogens (tertiary/aromatic N) is 6. The van der Waals surface area contributed by atoms with Crippen molar-refractivity contribution >= 4 is 154 Å². The molecule has 2 unspecified atom stereocenters. The van der Waals surface area contributed by atoms with Crippen LogP contribution >= 0.6 is 11.8 Å². The molecule has 3 aliphatic rings. The van der Waals surface area contributed by atoms with E-state index in [4.69, 9.17) is 16.9 Å². The Labute approximate surface area is 716 Å². The first-order chi connectivity index (χ1) is 58.7. The van der Waals surface area contributed by atoms with Crippen LogP contribution in [-0.4, -0.2) is 288 Å². The number of thioether (sulfide) groups is 1. The quantitative estimate of drug-likeness (QED) is 0.00459. The van der Waals surface area contributed by atoms with Gasteiger partial charge >= 0.3 is 17.9 Å². The van der Waals surface area contributed by atoms with Crippen molar-refractivity contribution in [3.05, 3.63) is 102 Å². The number of hydrogen-bond donors (Lipinski definition) is 19. The zero-order chi connectivity index (χ0) is 90.7. The second-order valence-electron chi connectivity index (χ2n) is 29.7. The number of nitrogens with two attached hydrogens (primary N) is 2. The lowest BCUT2D eigenvalue weighted by atomic mass is 10.00. The van der Waals surface area contributed by atoms with Gasteiger partial charge in [-0.3, -0.25) is 101 Å². The molecule has 46 heteroatoms. The van der Waals surface area contributed by atoms with Gasteiger partial charge in [0.2, 0.25) is 65.0 Å². The fourth-order valence-corrected chi connectivity index (χ4v) is 16.2. The van der Waals surface area contributed by atoms with Crippen molar-refractivity contribution < 1.29 is 113 Å². The van der Waals surface area contributed by atoms with Crippen molar-refractivity contribution in [2.75, 3.05) is 108 Å². The number of carbonyl (C=O) groups excluding carboxylic acids is 11. The number of carboxylic acid groups (broad SMARTS) is 3. The fraction of sp³-hybridized carbons (Fsp3) is 0.449. The normalized spacial score (nSPS) is 18.5. The molecular weight excluding hydrogens is 1680 g/mol. The first-order valence-corrected chi connectivity index (χ1v) is 43.3. The molecule has 11 amide bonds. The highest BCUT2D eigenvalue weighted by atomic mass is 32.2. The Morgan fingerprint density at radius 1 is 0.605 bits per heavy atom. The summed E-state index contributed by atoms with van der Waals surface area (Å²) < 4.78 is 68.4. The van der Waals surface area contributed by atoms with Gasteiger partial charge in [0.15, 0.2) is 11.7 Å². The van der Waals surface area contributed by atoms with E-state index in [0.29, 0.717) is 39.6 Å². The summed E-state index contributed by atoms with van der Waals surface area (Å²) in [5.74, 6) is -13.1. The molecule has 0 radical (unpaired) electrons. The molecule has 0 spiro atoms. The molecule has 124 heavy (non-hydrogen) atoms. The van der Waals surface area contributed by atoms with Gasteiger partial charge in [0, 0.05) is 95.8 Å². The van der Waals surface area contributed by atoms with Gasteiger partial charge in [-0.05, 0) is 129 Å². The zero-order valence-corrected chi connectivity index (χ0v) is 70.2. The van der Waals surface area contributed by atoms with Gasteiger partial charge in [0.05, 0.1) is 60.4 Å². The van der Waals surface area contributed by atoms with Gasteiger partial charge in [-0.1, -0.05) is 48.5 Å². The summed E-state index contributed by atoms with van der Waals surface area (Å²) in [5, 5.41) is 80.2. The number of hydrogen-bond acceptors (Lipinski definition) is 27. The Morgan fingerprint density at radius 2 is 1.15 bits per heavy atom. The third-order valence-corrected chi connectivity index (χ3v) is 23.3. The number of nitrogens with one attached hydrogen (secondary N) is 11. The number of benzene rings is 5. The lowest BCUT2D eigenvalue weighted by Gasteiger charge is -2.26. The number of aryl methyl sites for hydroxylation is 2. The van der Waals surface area contributed by atoms with E-state index in [0.717, 1.165) is 28.8 Å². The summed E-state index contributed by atoms with van der Waals surface area (Å²) in [6, 6.07) is 14.3. The number of carbonyl (C=O) groups is 14. The molecule has 0 aliphatic carbocycles. The predicted molar refractivity (Wildman–Crippen MR) is 449 cm³/mol. The molecule has 3 fully saturated rings. The van der Waals surface area contributed by atoms with Crippen LogP contribution in [0.3, 0.4) is 0 Å². The van der Waals surface area contributed by atoms with Crippen LogP contribution in [0.5, 0.6) is 5.75 Å². The van der Waals surface area contributed by atoms with Crippen LogP contribution in [0.15, 0.2) is 105 Å². The van der Waals surface area contributed by atoms with Crippen LogP contribution in [0, 0.1) is 19.3 Å². The molecule has 670 valence electrons. The van der Waals surface area contributed by atoms with Crippen LogP contribution in [0.4, 0.5) is 22.7 Å². The number of phenols is 1. The molecule has 3 aliphatic heterocycles. The van der Waals surface area contributed by atoms with Crippen molar-refractivity contribution in [3.63, 3.8) is 0 Å². The highest BCUT2D eigenvalue weighted by molar-refractivity contribution is 8.01. The van der Waals surface area contributed by atoms with Gasteiger partial charge in [-0.25, -0.2) is 0 Å². The zero-order valence-electron chi connectivity index (χ0n) is 67.7. The number of rotatable bonds is 38. The number of guanidine groups is 1. The van der Waals surface area contributed by atoms with E-state index in [1.165, 1.54) is 0 Å². The highest BCUT2D eigenvalue weighted by Gasteiger charge is 2.40. The molecule has 5 aromatic rings. The number of azo groups is 1. The third-order valence-electron chi connectivity index (χ3n) is 20.3. The summed E-state index contributed by atoms with van der Waals surface area (Å²) in [5.41, 5.74) is 14.1. The molecule has 0 saturated carbocycles. The van der Waals surface area contributed by atoms with E-state index in [1.54, 1.807) is 95.3 Å². The molecule has 6 atom stereocenters. The van der Waals surface area contributed by atoms with Gasteiger partial charge in [0.25, 0.3) is 20.2 Å². The molecule has 3 saturated heterocycles. The van der Waals surface area contributed by atoms with Crippen molar-refractivity contribution in [1.29, 1.82) is 5.41 Å². The number of carboxylic acids is 3. The maximum absolute atomic E-state index is 14.4. The number of aliphatic carboxylic acids is 3. The van der Waals surface area contributed by atoms with Crippen molar-refractivity contribution in [1.82, 2.24) is 67.5 Å². The molecule has 5 aromatic carbocycles. The van der Waals surface area contributed by atoms with E-state index in [9.17, 15) is 113 Å². The SMILES string of the molecule is Cc1cc(-c2ccc(NC(=O)[C@@H](CCCCNC(=O)CCN3C(=O)CC(SCC(=O)NCCCC[C@H]4NC(=O)C(Cc5ccccc5)NC(=O)[C@H](CC(=O)O)NC(=O)CNC(=O)[C@H](CCCNC(=N)N)NC4=O)C3=O)NC(=O)CN3CCN(CC(=O)O)CCN(CC(=O)O)CC3)c(C)c2)ccc1/N=N/c1ccc2c(S(=O)(=O)O)cc(S(=O)(=O)O)c(N)c2c1O. The second kappa shape index (κ2) is 45.7. The Balaban J connectivity index is 0.847. The third kappa shape index (κ3) is 29.7. The number of likely N-dealkylation sites (tertiary alicyclic amines) is 1. The van der Waals surface area contributed by atoms with Gasteiger partial charge < -0.3 is 85.1 Å². The average molecular weight is 1780 g/mol. The van der Waals surface area contributed by atoms with Crippen LogP contribution < -0.4 is 64.6 Å².